The van der Waals surface area contributed by atoms with Crippen molar-refractivity contribution in [2.45, 2.75) is 38.9 Å². The van der Waals surface area contributed by atoms with Gasteiger partial charge in [0.1, 0.15) is 5.76 Å². The summed E-state index contributed by atoms with van der Waals surface area (Å²) in [6, 6.07) is 15.5. The summed E-state index contributed by atoms with van der Waals surface area (Å²) in [7, 11) is 0. The second-order valence-corrected chi connectivity index (χ2v) is 7.30. The average Bonchev–Trinajstić information content (AvgIpc) is 3.14. The molecule has 0 N–H and O–H groups in total. The van der Waals surface area contributed by atoms with E-state index in [4.69, 9.17) is 9.15 Å². The molecule has 1 atom stereocenters. The first kappa shape index (κ1) is 19.3. The lowest BCUT2D eigenvalue weighted by molar-refractivity contribution is -0.135. The van der Waals surface area contributed by atoms with Gasteiger partial charge in [0.05, 0.1) is 30.5 Å². The number of piperidine rings is 1. The van der Waals surface area contributed by atoms with Gasteiger partial charge in [0.15, 0.2) is 0 Å². The molecule has 0 bridgehead atoms. The molecule has 1 amide bonds. The van der Waals surface area contributed by atoms with Crippen LogP contribution in [-0.2, 0) is 22.6 Å². The summed E-state index contributed by atoms with van der Waals surface area (Å²) in [5.41, 5.74) is 2.52. The molecule has 1 aliphatic heterocycles. The molecular formula is C23H25N3O3. The Hall–Kier alpha value is -2.99. The number of likely N-dealkylation sites (tertiary alicyclic amines) is 1. The monoisotopic (exact) mass is 391 g/mol. The number of aromatic nitrogens is 2. The summed E-state index contributed by atoms with van der Waals surface area (Å²) in [5, 5.41) is 0. The molecule has 3 aromatic rings. The molecule has 0 radical (unpaired) electrons. The van der Waals surface area contributed by atoms with Gasteiger partial charge in [-0.2, -0.15) is 0 Å². The number of hydrogen-bond acceptors (Lipinski definition) is 5. The maximum Gasteiger partial charge on any atom is 0.228 e. The van der Waals surface area contributed by atoms with Crippen LogP contribution in [0.15, 0.2) is 59.1 Å². The minimum atomic E-state index is 0.0352. The highest BCUT2D eigenvalue weighted by Crippen LogP contribution is 2.23. The molecule has 29 heavy (non-hydrogen) atoms. The van der Waals surface area contributed by atoms with Crippen LogP contribution in [0.25, 0.3) is 11.5 Å². The summed E-state index contributed by atoms with van der Waals surface area (Å²) < 4.78 is 11.8. The van der Waals surface area contributed by atoms with E-state index in [1.54, 1.807) is 6.20 Å². The molecule has 3 heterocycles. The van der Waals surface area contributed by atoms with Crippen LogP contribution in [0.4, 0.5) is 0 Å². The molecule has 0 spiro atoms. The topological polar surface area (TPSA) is 68.5 Å². The lowest BCUT2D eigenvalue weighted by Gasteiger charge is -2.32. The molecule has 1 fully saturated rings. The van der Waals surface area contributed by atoms with Gasteiger partial charge in [-0.3, -0.25) is 9.78 Å². The molecule has 2 aromatic heterocycles. The van der Waals surface area contributed by atoms with Crippen LogP contribution in [0.3, 0.4) is 0 Å². The number of ether oxygens (including phenoxy) is 1. The number of benzene rings is 1. The number of carbonyl (C=O) groups is 1. The van der Waals surface area contributed by atoms with Gasteiger partial charge in [0, 0.05) is 24.8 Å². The zero-order valence-corrected chi connectivity index (χ0v) is 16.6. The molecule has 1 aromatic carbocycles. The zero-order valence-electron chi connectivity index (χ0n) is 16.6. The first-order valence-corrected chi connectivity index (χ1v) is 10.00. The number of oxazole rings is 1. The summed E-state index contributed by atoms with van der Waals surface area (Å²) in [4.78, 5) is 23.6. The van der Waals surface area contributed by atoms with Gasteiger partial charge in [0.25, 0.3) is 0 Å². The van der Waals surface area contributed by atoms with Crippen molar-refractivity contribution in [3.8, 4) is 11.5 Å². The van der Waals surface area contributed by atoms with Crippen LogP contribution < -0.4 is 0 Å². The third-order valence-corrected chi connectivity index (χ3v) is 5.16. The number of nitrogens with zero attached hydrogens (tertiary/aromatic N) is 3. The van der Waals surface area contributed by atoms with E-state index in [0.29, 0.717) is 30.5 Å². The molecule has 4 rings (SSSR count). The van der Waals surface area contributed by atoms with Crippen molar-refractivity contribution in [1.82, 2.24) is 14.9 Å². The summed E-state index contributed by atoms with van der Waals surface area (Å²) in [5.74, 6) is 1.31. The van der Waals surface area contributed by atoms with E-state index in [1.165, 1.54) is 0 Å². The van der Waals surface area contributed by atoms with Crippen molar-refractivity contribution in [3.63, 3.8) is 0 Å². The van der Waals surface area contributed by atoms with Gasteiger partial charge in [-0.25, -0.2) is 4.98 Å². The highest BCUT2D eigenvalue weighted by atomic mass is 16.5. The molecule has 6 heteroatoms. The van der Waals surface area contributed by atoms with Gasteiger partial charge in [-0.05, 0) is 44.0 Å². The highest BCUT2D eigenvalue weighted by Gasteiger charge is 2.26. The first-order chi connectivity index (χ1) is 14.2. The normalized spacial score (nSPS) is 16.7. The third-order valence-electron chi connectivity index (χ3n) is 5.16. The fraction of sp³-hybridized carbons (Fsp3) is 0.348. The standard InChI is InChI=1S/C23H25N3O3/c1-17-21(25-23(29-17)18-8-3-2-4-9-18)14-22(27)26-13-7-11-20(15-26)28-16-19-10-5-6-12-24-19/h2-6,8-10,12,20H,7,11,13-16H2,1H3. The Morgan fingerprint density at radius 1 is 1.21 bits per heavy atom. The Balaban J connectivity index is 1.35. The number of aryl methyl sites for hydroxylation is 1. The predicted octanol–water partition coefficient (Wildman–Crippen LogP) is 3.80. The quantitative estimate of drug-likeness (QED) is 0.639. The number of hydrogen-bond donors (Lipinski definition) is 0. The number of pyridine rings is 1. The van der Waals surface area contributed by atoms with Crippen molar-refractivity contribution >= 4 is 5.91 Å². The molecular weight excluding hydrogens is 366 g/mol. The maximum absolute atomic E-state index is 12.9. The van der Waals surface area contributed by atoms with Crippen LogP contribution in [0.5, 0.6) is 0 Å². The lowest BCUT2D eigenvalue weighted by Crippen LogP contribution is -2.44. The maximum atomic E-state index is 12.9. The molecule has 150 valence electrons. The van der Waals surface area contributed by atoms with Crippen molar-refractivity contribution in [2.75, 3.05) is 13.1 Å². The predicted molar refractivity (Wildman–Crippen MR) is 109 cm³/mol. The Morgan fingerprint density at radius 2 is 2.03 bits per heavy atom. The summed E-state index contributed by atoms with van der Waals surface area (Å²) in [6.07, 6.45) is 3.94. The van der Waals surface area contributed by atoms with E-state index in [-0.39, 0.29) is 18.4 Å². The van der Waals surface area contributed by atoms with Crippen LogP contribution in [0.2, 0.25) is 0 Å². The molecule has 1 unspecified atom stereocenters. The van der Waals surface area contributed by atoms with Crippen LogP contribution >= 0.6 is 0 Å². The third kappa shape index (κ3) is 4.90. The van der Waals surface area contributed by atoms with Gasteiger partial charge in [-0.1, -0.05) is 24.3 Å². The Kier molecular flexibility index (Phi) is 6.00. The fourth-order valence-electron chi connectivity index (χ4n) is 3.54. The summed E-state index contributed by atoms with van der Waals surface area (Å²) >= 11 is 0. The van der Waals surface area contributed by atoms with Crippen molar-refractivity contribution in [2.24, 2.45) is 0 Å². The Morgan fingerprint density at radius 3 is 2.83 bits per heavy atom. The first-order valence-electron chi connectivity index (χ1n) is 10.00. The van der Waals surface area contributed by atoms with Crippen molar-refractivity contribution in [3.05, 3.63) is 71.9 Å². The second-order valence-electron chi connectivity index (χ2n) is 7.30. The Bertz CT molecular complexity index is 941. The molecule has 6 nitrogen and oxygen atoms in total. The summed E-state index contributed by atoms with van der Waals surface area (Å²) in [6.45, 7) is 3.69. The average molecular weight is 391 g/mol. The van der Waals surface area contributed by atoms with Gasteiger partial charge >= 0.3 is 0 Å². The van der Waals surface area contributed by atoms with E-state index in [0.717, 1.165) is 30.6 Å². The number of carbonyl (C=O) groups excluding carboxylic acids is 1. The minimum Gasteiger partial charge on any atom is -0.441 e. The van der Waals surface area contributed by atoms with Crippen molar-refractivity contribution in [1.29, 1.82) is 0 Å². The van der Waals surface area contributed by atoms with E-state index >= 15 is 0 Å². The van der Waals surface area contributed by atoms with Gasteiger partial charge < -0.3 is 14.1 Å². The lowest BCUT2D eigenvalue weighted by atomic mass is 10.1. The SMILES string of the molecule is Cc1oc(-c2ccccc2)nc1CC(=O)N1CCCC(OCc2ccccn2)C1. The van der Waals surface area contributed by atoms with E-state index in [2.05, 4.69) is 9.97 Å². The zero-order chi connectivity index (χ0) is 20.1. The van der Waals surface area contributed by atoms with Gasteiger partial charge in [0.2, 0.25) is 11.8 Å². The van der Waals surface area contributed by atoms with Crippen molar-refractivity contribution < 1.29 is 13.9 Å². The largest absolute Gasteiger partial charge is 0.441 e. The van der Waals surface area contributed by atoms with E-state index < -0.39 is 0 Å². The van der Waals surface area contributed by atoms with Crippen LogP contribution in [0, 0.1) is 6.92 Å². The molecule has 1 aliphatic rings. The molecule has 0 saturated carbocycles. The van der Waals surface area contributed by atoms with E-state index in [9.17, 15) is 4.79 Å². The fourth-order valence-corrected chi connectivity index (χ4v) is 3.54. The number of rotatable bonds is 6. The number of amides is 1. The highest BCUT2D eigenvalue weighted by molar-refractivity contribution is 5.78. The Labute approximate surface area is 170 Å². The second kappa shape index (κ2) is 9.01. The molecule has 1 saturated heterocycles. The minimum absolute atomic E-state index is 0.0352. The van der Waals surface area contributed by atoms with E-state index in [1.807, 2.05) is 60.4 Å². The molecule has 0 aliphatic carbocycles. The van der Waals surface area contributed by atoms with Crippen LogP contribution in [0.1, 0.15) is 30.0 Å². The van der Waals surface area contributed by atoms with Gasteiger partial charge in [-0.15, -0.1) is 0 Å². The smallest absolute Gasteiger partial charge is 0.228 e. The van der Waals surface area contributed by atoms with Crippen LogP contribution in [-0.4, -0.2) is 40.0 Å².